The number of benzene rings is 2. The van der Waals surface area contributed by atoms with Gasteiger partial charge < -0.3 is 14.6 Å². The first kappa shape index (κ1) is 26.1. The van der Waals surface area contributed by atoms with E-state index in [-0.39, 0.29) is 19.1 Å². The SMILES string of the molecule is C=C(C)C(=O)OCC(CO)c1ccc(C=O)cc1.CCCCCc1ccc(OC)cc1. The molecule has 1 atom stereocenters. The number of carbonyl (C=O) groups is 2. The molecule has 0 heterocycles. The molecule has 0 bridgehead atoms. The summed E-state index contributed by atoms with van der Waals surface area (Å²) in [4.78, 5) is 21.8. The monoisotopic (exact) mass is 426 g/mol. The van der Waals surface area contributed by atoms with E-state index in [2.05, 4.69) is 25.6 Å². The van der Waals surface area contributed by atoms with Gasteiger partial charge in [0.2, 0.25) is 0 Å². The Hall–Kier alpha value is -2.92. The molecule has 0 saturated heterocycles. The molecule has 2 rings (SSSR count). The maximum atomic E-state index is 11.2. The number of hydrogen-bond donors (Lipinski definition) is 1. The summed E-state index contributed by atoms with van der Waals surface area (Å²) in [5.41, 5.74) is 3.12. The van der Waals surface area contributed by atoms with Crippen LogP contribution in [-0.2, 0) is 16.0 Å². The summed E-state index contributed by atoms with van der Waals surface area (Å²) in [6.07, 6.45) is 5.85. The molecule has 0 radical (unpaired) electrons. The highest BCUT2D eigenvalue weighted by atomic mass is 16.5. The molecule has 0 aliphatic carbocycles. The van der Waals surface area contributed by atoms with Gasteiger partial charge in [-0.05, 0) is 43.0 Å². The van der Waals surface area contributed by atoms with Crippen LogP contribution in [0.3, 0.4) is 0 Å². The maximum absolute atomic E-state index is 11.2. The van der Waals surface area contributed by atoms with Crippen molar-refractivity contribution in [3.8, 4) is 5.75 Å². The molecule has 31 heavy (non-hydrogen) atoms. The number of ether oxygens (including phenoxy) is 2. The van der Waals surface area contributed by atoms with Gasteiger partial charge in [0.15, 0.2) is 0 Å². The normalized spacial score (nSPS) is 11.0. The standard InChI is InChI=1S/C14H16O4.C12H18O/c1-10(2)14(17)18-9-13(8-16)12-5-3-11(7-15)4-6-12;1-3-4-5-6-11-7-9-12(13-2)10-8-11/h3-7,13,16H,1,8-9H2,2H3;7-10H,3-6H2,1-2H3. The van der Waals surface area contributed by atoms with Crippen LogP contribution in [0.25, 0.3) is 0 Å². The fourth-order valence-electron chi connectivity index (χ4n) is 2.77. The average Bonchev–Trinajstić information content (AvgIpc) is 2.80. The van der Waals surface area contributed by atoms with Crippen molar-refractivity contribution >= 4 is 12.3 Å². The third kappa shape index (κ3) is 10.1. The first-order chi connectivity index (χ1) is 14.9. The second-order valence-corrected chi connectivity index (χ2v) is 7.35. The largest absolute Gasteiger partial charge is 0.497 e. The zero-order valence-corrected chi connectivity index (χ0v) is 18.8. The Morgan fingerprint density at radius 3 is 2.23 bits per heavy atom. The third-order valence-electron chi connectivity index (χ3n) is 4.76. The van der Waals surface area contributed by atoms with Crippen LogP contribution in [-0.4, -0.2) is 37.7 Å². The lowest BCUT2D eigenvalue weighted by atomic mass is 10.00. The maximum Gasteiger partial charge on any atom is 0.333 e. The molecule has 0 amide bonds. The first-order valence-corrected chi connectivity index (χ1v) is 10.6. The van der Waals surface area contributed by atoms with E-state index in [4.69, 9.17) is 9.47 Å². The van der Waals surface area contributed by atoms with Crippen molar-refractivity contribution in [1.82, 2.24) is 0 Å². The van der Waals surface area contributed by atoms with E-state index in [0.29, 0.717) is 11.1 Å². The summed E-state index contributed by atoms with van der Waals surface area (Å²) in [6, 6.07) is 15.1. The third-order valence-corrected chi connectivity index (χ3v) is 4.76. The van der Waals surface area contributed by atoms with E-state index < -0.39 is 5.97 Å². The van der Waals surface area contributed by atoms with E-state index in [9.17, 15) is 14.7 Å². The Labute approximate surface area is 185 Å². The van der Waals surface area contributed by atoms with Gasteiger partial charge in [0, 0.05) is 17.1 Å². The molecule has 0 fully saturated rings. The zero-order chi connectivity index (χ0) is 23.1. The van der Waals surface area contributed by atoms with Gasteiger partial charge in [-0.15, -0.1) is 0 Å². The summed E-state index contributed by atoms with van der Waals surface area (Å²) >= 11 is 0. The minimum absolute atomic E-state index is 0.0859. The molecule has 168 valence electrons. The number of aldehydes is 1. The quantitative estimate of drug-likeness (QED) is 0.234. The van der Waals surface area contributed by atoms with Crippen LogP contribution in [0.15, 0.2) is 60.7 Å². The summed E-state index contributed by atoms with van der Waals surface area (Å²) in [5.74, 6) is 0.172. The highest BCUT2D eigenvalue weighted by Crippen LogP contribution is 2.17. The number of aryl methyl sites for hydroxylation is 1. The molecule has 2 aromatic rings. The Kier molecular flexibility index (Phi) is 12.6. The van der Waals surface area contributed by atoms with Gasteiger partial charge >= 0.3 is 5.97 Å². The predicted octanol–water partition coefficient (Wildman–Crippen LogP) is 5.12. The zero-order valence-electron chi connectivity index (χ0n) is 18.8. The van der Waals surface area contributed by atoms with Gasteiger partial charge in [-0.2, -0.15) is 0 Å². The van der Waals surface area contributed by atoms with E-state index in [1.54, 1.807) is 38.3 Å². The van der Waals surface area contributed by atoms with Crippen molar-refractivity contribution in [2.75, 3.05) is 20.3 Å². The molecule has 0 aliphatic heterocycles. The number of carbonyl (C=O) groups excluding carboxylic acids is 2. The van der Waals surface area contributed by atoms with E-state index in [1.807, 2.05) is 12.1 Å². The molecule has 0 aromatic heterocycles. The van der Waals surface area contributed by atoms with Crippen molar-refractivity contribution < 1.29 is 24.2 Å². The second kappa shape index (κ2) is 15.0. The smallest absolute Gasteiger partial charge is 0.333 e. The van der Waals surface area contributed by atoms with Gasteiger partial charge in [0.1, 0.15) is 18.6 Å². The van der Waals surface area contributed by atoms with E-state index in [1.165, 1.54) is 31.2 Å². The van der Waals surface area contributed by atoms with Crippen LogP contribution >= 0.6 is 0 Å². The van der Waals surface area contributed by atoms with Crippen LogP contribution in [0.4, 0.5) is 0 Å². The molecule has 1 N–H and O–H groups in total. The van der Waals surface area contributed by atoms with Gasteiger partial charge in [0.05, 0.1) is 13.7 Å². The van der Waals surface area contributed by atoms with Crippen molar-refractivity contribution in [1.29, 1.82) is 0 Å². The Morgan fingerprint density at radius 1 is 1.10 bits per heavy atom. The lowest BCUT2D eigenvalue weighted by Crippen LogP contribution is -2.16. The molecule has 2 aromatic carbocycles. The summed E-state index contributed by atoms with van der Waals surface area (Å²) in [5, 5.41) is 9.27. The molecule has 5 heteroatoms. The highest BCUT2D eigenvalue weighted by Gasteiger charge is 2.13. The molecule has 5 nitrogen and oxygen atoms in total. The van der Waals surface area contributed by atoms with Gasteiger partial charge in [-0.1, -0.05) is 62.7 Å². The second-order valence-electron chi connectivity index (χ2n) is 7.35. The predicted molar refractivity (Wildman–Crippen MR) is 124 cm³/mol. The van der Waals surface area contributed by atoms with Crippen molar-refractivity contribution in [2.45, 2.75) is 45.4 Å². The van der Waals surface area contributed by atoms with Crippen molar-refractivity contribution in [3.63, 3.8) is 0 Å². The van der Waals surface area contributed by atoms with Gasteiger partial charge in [0.25, 0.3) is 0 Å². The van der Waals surface area contributed by atoms with Crippen molar-refractivity contribution in [2.24, 2.45) is 0 Å². The average molecular weight is 427 g/mol. The topological polar surface area (TPSA) is 72.8 Å². The van der Waals surface area contributed by atoms with Crippen molar-refractivity contribution in [3.05, 3.63) is 77.4 Å². The summed E-state index contributed by atoms with van der Waals surface area (Å²) < 4.78 is 10.1. The summed E-state index contributed by atoms with van der Waals surface area (Å²) in [7, 11) is 1.70. The molecular formula is C26H34O5. The van der Waals surface area contributed by atoms with Crippen LogP contribution in [0, 0.1) is 0 Å². The Morgan fingerprint density at radius 2 is 1.74 bits per heavy atom. The van der Waals surface area contributed by atoms with Crippen LogP contribution in [0.5, 0.6) is 5.75 Å². The molecular weight excluding hydrogens is 392 g/mol. The molecule has 0 aliphatic rings. The number of unbranched alkanes of at least 4 members (excludes halogenated alkanes) is 2. The minimum Gasteiger partial charge on any atom is -0.497 e. The van der Waals surface area contributed by atoms with Crippen LogP contribution in [0.1, 0.15) is 60.5 Å². The number of aliphatic hydroxyl groups is 1. The number of aliphatic hydroxyl groups excluding tert-OH is 1. The fourth-order valence-corrected chi connectivity index (χ4v) is 2.77. The first-order valence-electron chi connectivity index (χ1n) is 10.6. The van der Waals surface area contributed by atoms with Crippen LogP contribution in [0.2, 0.25) is 0 Å². The number of rotatable bonds is 11. The lowest BCUT2D eigenvalue weighted by molar-refractivity contribution is -0.139. The number of esters is 1. The minimum atomic E-state index is -0.474. The Balaban J connectivity index is 0.000000327. The van der Waals surface area contributed by atoms with Gasteiger partial charge in [-0.3, -0.25) is 4.79 Å². The number of hydrogen-bond acceptors (Lipinski definition) is 5. The molecule has 1 unspecified atom stereocenters. The lowest BCUT2D eigenvalue weighted by Gasteiger charge is -2.15. The molecule has 0 spiro atoms. The Bertz CT molecular complexity index is 794. The molecule has 0 saturated carbocycles. The van der Waals surface area contributed by atoms with Gasteiger partial charge in [-0.25, -0.2) is 4.79 Å². The van der Waals surface area contributed by atoms with E-state index >= 15 is 0 Å². The van der Waals surface area contributed by atoms with Crippen LogP contribution < -0.4 is 4.74 Å². The fraction of sp³-hybridized carbons (Fsp3) is 0.385. The van der Waals surface area contributed by atoms with E-state index in [0.717, 1.165) is 17.6 Å². The summed E-state index contributed by atoms with van der Waals surface area (Å²) in [6.45, 7) is 7.22. The highest BCUT2D eigenvalue weighted by molar-refractivity contribution is 5.86. The number of methoxy groups -OCH3 is 1.